The van der Waals surface area contributed by atoms with Gasteiger partial charge in [0.25, 0.3) is 0 Å². The molecule has 10 nitrogen and oxygen atoms in total. The van der Waals surface area contributed by atoms with Gasteiger partial charge in [-0.2, -0.15) is 15.3 Å². The van der Waals surface area contributed by atoms with Gasteiger partial charge in [0.2, 0.25) is 11.8 Å². The average Bonchev–Trinajstić information content (AvgIpc) is 3.48. The molecule has 11 heteroatoms. The van der Waals surface area contributed by atoms with E-state index in [0.29, 0.717) is 34.6 Å². The van der Waals surface area contributed by atoms with Crippen LogP contribution >= 0.6 is 0 Å². The molecule has 1 saturated carbocycles. The van der Waals surface area contributed by atoms with E-state index in [1.54, 1.807) is 25.4 Å². The predicted molar refractivity (Wildman–Crippen MR) is 120 cm³/mol. The summed E-state index contributed by atoms with van der Waals surface area (Å²) in [5, 5.41) is 36.0. The highest BCUT2D eigenvalue weighted by Crippen LogP contribution is 2.39. The summed E-state index contributed by atoms with van der Waals surface area (Å²) in [4.78, 5) is 10.7. The Labute approximate surface area is 195 Å². The van der Waals surface area contributed by atoms with Gasteiger partial charge >= 0.3 is 0 Å². The van der Waals surface area contributed by atoms with Gasteiger partial charge < -0.3 is 15.3 Å². The van der Waals surface area contributed by atoms with Gasteiger partial charge in [0.15, 0.2) is 5.82 Å². The van der Waals surface area contributed by atoms with Gasteiger partial charge in [-0.05, 0) is 44.2 Å². The lowest BCUT2D eigenvalue weighted by Crippen LogP contribution is -2.57. The summed E-state index contributed by atoms with van der Waals surface area (Å²) >= 11 is 0. The van der Waals surface area contributed by atoms with Crippen LogP contribution in [0.1, 0.15) is 37.9 Å². The topological polar surface area (TPSA) is 129 Å². The Kier molecular flexibility index (Phi) is 4.91. The lowest BCUT2D eigenvalue weighted by molar-refractivity contribution is 0.171. The largest absolute Gasteiger partial charge is 0.507 e. The van der Waals surface area contributed by atoms with E-state index >= 15 is 4.39 Å². The lowest BCUT2D eigenvalue weighted by Gasteiger charge is -2.40. The van der Waals surface area contributed by atoms with Crippen molar-refractivity contribution in [2.24, 2.45) is 7.05 Å². The fourth-order valence-corrected chi connectivity index (χ4v) is 5.18. The van der Waals surface area contributed by atoms with Crippen molar-refractivity contribution >= 4 is 5.95 Å². The first kappa shape index (κ1) is 20.9. The number of nitrogens with one attached hydrogen (secondary N) is 1. The number of fused-ring (bicyclic) bond motifs is 2. The number of rotatable bonds is 5. The van der Waals surface area contributed by atoms with Crippen LogP contribution in [-0.4, -0.2) is 65.4 Å². The maximum absolute atomic E-state index is 15.2. The number of hydrogen-bond acceptors (Lipinski definition) is 9. The molecule has 0 unspecified atom stereocenters. The van der Waals surface area contributed by atoms with E-state index in [9.17, 15) is 5.11 Å². The lowest BCUT2D eigenvalue weighted by atomic mass is 9.96. The molecule has 2 aromatic heterocycles. The molecule has 1 aliphatic carbocycles. The number of nitriles is 1. The highest BCUT2D eigenvalue weighted by Gasteiger charge is 2.48. The van der Waals surface area contributed by atoms with Gasteiger partial charge in [-0.3, -0.25) is 0 Å². The van der Waals surface area contributed by atoms with Gasteiger partial charge in [0.1, 0.15) is 23.7 Å². The summed E-state index contributed by atoms with van der Waals surface area (Å²) in [7, 11) is 1.64. The number of anilines is 1. The van der Waals surface area contributed by atoms with Gasteiger partial charge in [0, 0.05) is 36.3 Å². The van der Waals surface area contributed by atoms with Crippen LogP contribution in [0, 0.1) is 11.3 Å². The molecule has 3 fully saturated rings. The van der Waals surface area contributed by atoms with E-state index < -0.39 is 6.17 Å². The first-order chi connectivity index (χ1) is 16.5. The van der Waals surface area contributed by atoms with E-state index in [4.69, 9.17) is 5.26 Å². The van der Waals surface area contributed by atoms with Crippen molar-refractivity contribution in [3.8, 4) is 34.5 Å². The monoisotopic (exact) mass is 461 g/mol. The Morgan fingerprint density at radius 1 is 1.24 bits per heavy atom. The number of hydrogen-bond donors (Lipinski definition) is 2. The molecule has 3 aromatic rings. The average molecular weight is 462 g/mol. The smallest absolute Gasteiger partial charge is 0.245 e. The molecule has 6 rings (SSSR count). The minimum absolute atomic E-state index is 0.0230. The number of aryl methyl sites for hydroxylation is 1. The number of phenolic OH excluding ortho intramolecular Hbond substituents is 1. The molecule has 4 atom stereocenters. The fraction of sp³-hybridized carbons (Fsp3) is 0.478. The molecule has 174 valence electrons. The van der Waals surface area contributed by atoms with Crippen LogP contribution in [0.15, 0.2) is 24.4 Å². The summed E-state index contributed by atoms with van der Waals surface area (Å²) in [6.45, 7) is 0. The second-order valence-corrected chi connectivity index (χ2v) is 9.30. The molecule has 2 N–H and O–H groups in total. The van der Waals surface area contributed by atoms with Crippen LogP contribution in [0.4, 0.5) is 10.3 Å². The fourth-order valence-electron chi connectivity index (χ4n) is 5.18. The highest BCUT2D eigenvalue weighted by atomic mass is 19.1. The molecule has 0 amide bonds. The summed E-state index contributed by atoms with van der Waals surface area (Å²) in [6, 6.07) is 7.21. The Balaban J connectivity index is 1.26. The normalized spacial score (nSPS) is 25.8. The Morgan fingerprint density at radius 2 is 2.09 bits per heavy atom. The van der Waals surface area contributed by atoms with Crippen LogP contribution in [0.3, 0.4) is 0 Å². The van der Waals surface area contributed by atoms with E-state index in [1.165, 1.54) is 10.7 Å². The van der Waals surface area contributed by atoms with Crippen molar-refractivity contribution in [3.05, 3.63) is 30.2 Å². The van der Waals surface area contributed by atoms with E-state index in [0.717, 1.165) is 32.1 Å². The maximum Gasteiger partial charge on any atom is 0.245 e. The van der Waals surface area contributed by atoms with Crippen LogP contribution in [0.25, 0.3) is 22.6 Å². The molecule has 2 saturated heterocycles. The number of aromatic nitrogens is 6. The van der Waals surface area contributed by atoms with Crippen molar-refractivity contribution < 1.29 is 9.50 Å². The van der Waals surface area contributed by atoms with Crippen LogP contribution in [0.2, 0.25) is 0 Å². The Hall–Kier alpha value is -3.65. The van der Waals surface area contributed by atoms with Crippen molar-refractivity contribution in [3.63, 3.8) is 0 Å². The van der Waals surface area contributed by atoms with Crippen LogP contribution < -0.4 is 10.2 Å². The molecule has 4 heterocycles. The Bertz CT molecular complexity index is 1270. The molecule has 0 radical (unpaired) electrons. The number of piperidine rings is 1. The van der Waals surface area contributed by atoms with Gasteiger partial charge in [-0.15, -0.1) is 10.2 Å². The number of aromatic hydroxyl groups is 1. The van der Waals surface area contributed by atoms with E-state index in [-0.39, 0.29) is 29.7 Å². The zero-order chi connectivity index (χ0) is 23.4. The summed E-state index contributed by atoms with van der Waals surface area (Å²) in [5.41, 5.74) is 1.45. The minimum atomic E-state index is -0.957. The van der Waals surface area contributed by atoms with Crippen molar-refractivity contribution in [1.82, 2.24) is 35.3 Å². The predicted octanol–water partition coefficient (Wildman–Crippen LogP) is 2.11. The zero-order valence-corrected chi connectivity index (χ0v) is 18.6. The van der Waals surface area contributed by atoms with Gasteiger partial charge in [-0.1, -0.05) is 6.07 Å². The van der Waals surface area contributed by atoms with Crippen LogP contribution in [0.5, 0.6) is 5.75 Å². The SMILES string of the molecule is Cn1nc(-c2ccc(-c3cnc(N(C4CC4)[C@@H]4C[C@@H]5CC[C@H](N5)[C@@H]4F)nn3)c(O)c2)nc1C#N. The third kappa shape index (κ3) is 3.54. The number of phenols is 1. The standard InChI is InChI=1S/C23H24FN9O/c1-32-20(10-25)28-22(31-32)12-2-6-15(19(34)8-12)17-11-26-23(30-29-17)33(14-4-5-14)18-9-13-3-7-16(27-13)21(18)24/h2,6,8,11,13-14,16,18,21,27,34H,3-5,7,9H2,1H3/t13-,16-,18+,21-/m0/s1. The number of nitrogens with zero attached hydrogens (tertiary/aromatic N) is 8. The molecule has 2 bridgehead atoms. The van der Waals surface area contributed by atoms with Crippen molar-refractivity contribution in [2.75, 3.05) is 4.90 Å². The van der Waals surface area contributed by atoms with E-state index in [1.807, 2.05) is 11.0 Å². The number of alkyl halides is 1. The van der Waals surface area contributed by atoms with Gasteiger partial charge in [0.05, 0.1) is 12.2 Å². The first-order valence-corrected chi connectivity index (χ1v) is 11.5. The Morgan fingerprint density at radius 3 is 2.76 bits per heavy atom. The number of halogens is 1. The molecule has 34 heavy (non-hydrogen) atoms. The summed E-state index contributed by atoms with van der Waals surface area (Å²) in [6.07, 6.45) is 5.27. The second-order valence-electron chi connectivity index (χ2n) is 9.30. The van der Waals surface area contributed by atoms with E-state index in [2.05, 4.69) is 30.6 Å². The quantitative estimate of drug-likeness (QED) is 0.587. The molecular weight excluding hydrogens is 437 g/mol. The molecule has 2 aliphatic heterocycles. The van der Waals surface area contributed by atoms with Crippen LogP contribution in [-0.2, 0) is 7.05 Å². The van der Waals surface area contributed by atoms with Gasteiger partial charge in [-0.25, -0.2) is 14.1 Å². The first-order valence-electron chi connectivity index (χ1n) is 11.5. The third-order valence-electron chi connectivity index (χ3n) is 7.03. The third-order valence-corrected chi connectivity index (χ3v) is 7.03. The summed E-state index contributed by atoms with van der Waals surface area (Å²) in [5.74, 6) is 0.946. The van der Waals surface area contributed by atoms with Crippen molar-refractivity contribution in [2.45, 2.75) is 62.4 Å². The molecular formula is C23H24FN9O. The van der Waals surface area contributed by atoms with Crippen molar-refractivity contribution in [1.29, 1.82) is 5.26 Å². The zero-order valence-electron chi connectivity index (χ0n) is 18.6. The minimum Gasteiger partial charge on any atom is -0.507 e. The molecule has 1 aromatic carbocycles. The summed E-state index contributed by atoms with van der Waals surface area (Å²) < 4.78 is 16.6. The highest BCUT2D eigenvalue weighted by molar-refractivity contribution is 5.71. The second kappa shape index (κ2) is 7.99. The molecule has 3 aliphatic rings. The maximum atomic E-state index is 15.2. The molecule has 0 spiro atoms. The number of benzene rings is 1.